The number of rotatable bonds is 4. The zero-order valence-corrected chi connectivity index (χ0v) is 7.85. The monoisotopic (exact) mass is 158 g/mol. The molecule has 0 fully saturated rings. The lowest BCUT2D eigenvalue weighted by Crippen LogP contribution is -2.33. The Bertz CT molecular complexity index is 142. The van der Waals surface area contributed by atoms with E-state index in [9.17, 15) is 4.79 Å². The summed E-state index contributed by atoms with van der Waals surface area (Å²) in [6.07, 6.45) is 1.63. The van der Waals surface area contributed by atoms with Gasteiger partial charge in [-0.2, -0.15) is 0 Å². The van der Waals surface area contributed by atoms with Crippen LogP contribution in [0.25, 0.3) is 0 Å². The SMILES string of the molecule is CCC(C)C(C)(CC)C(=O)O. The van der Waals surface area contributed by atoms with Crippen LogP contribution in [0.5, 0.6) is 0 Å². The Hall–Kier alpha value is -0.530. The molecule has 0 aromatic heterocycles. The largest absolute Gasteiger partial charge is 0.481 e. The van der Waals surface area contributed by atoms with E-state index in [-0.39, 0.29) is 5.92 Å². The summed E-state index contributed by atoms with van der Waals surface area (Å²) in [4.78, 5) is 10.9. The van der Waals surface area contributed by atoms with Gasteiger partial charge in [0.15, 0.2) is 0 Å². The predicted molar refractivity (Wildman–Crippen MR) is 45.5 cm³/mol. The maximum absolute atomic E-state index is 10.9. The van der Waals surface area contributed by atoms with E-state index >= 15 is 0 Å². The van der Waals surface area contributed by atoms with Gasteiger partial charge in [0.25, 0.3) is 0 Å². The third-order valence-corrected chi connectivity index (χ3v) is 2.92. The first kappa shape index (κ1) is 10.5. The van der Waals surface area contributed by atoms with Gasteiger partial charge in [0, 0.05) is 0 Å². The highest BCUT2D eigenvalue weighted by molar-refractivity contribution is 5.74. The first-order valence-corrected chi connectivity index (χ1v) is 4.22. The smallest absolute Gasteiger partial charge is 0.309 e. The van der Waals surface area contributed by atoms with Crippen LogP contribution in [0.15, 0.2) is 0 Å². The van der Waals surface area contributed by atoms with E-state index in [1.54, 1.807) is 0 Å². The zero-order valence-electron chi connectivity index (χ0n) is 7.85. The molecule has 2 atom stereocenters. The minimum Gasteiger partial charge on any atom is -0.481 e. The van der Waals surface area contributed by atoms with Gasteiger partial charge < -0.3 is 5.11 Å². The highest BCUT2D eigenvalue weighted by atomic mass is 16.4. The predicted octanol–water partition coefficient (Wildman–Crippen LogP) is 2.53. The summed E-state index contributed by atoms with van der Waals surface area (Å²) in [7, 11) is 0. The lowest BCUT2D eigenvalue weighted by molar-refractivity contribution is -0.151. The Kier molecular flexibility index (Phi) is 3.56. The van der Waals surface area contributed by atoms with E-state index < -0.39 is 11.4 Å². The molecule has 0 aromatic carbocycles. The Morgan fingerprint density at radius 3 is 2.09 bits per heavy atom. The van der Waals surface area contributed by atoms with Gasteiger partial charge in [-0.05, 0) is 19.3 Å². The van der Waals surface area contributed by atoms with Gasteiger partial charge in [0.1, 0.15) is 0 Å². The molecule has 2 nitrogen and oxygen atoms in total. The zero-order chi connectivity index (χ0) is 9.07. The summed E-state index contributed by atoms with van der Waals surface area (Å²) < 4.78 is 0. The summed E-state index contributed by atoms with van der Waals surface area (Å²) >= 11 is 0. The lowest BCUT2D eigenvalue weighted by Gasteiger charge is -2.29. The minimum atomic E-state index is -0.672. The van der Waals surface area contributed by atoms with Gasteiger partial charge >= 0.3 is 5.97 Å². The van der Waals surface area contributed by atoms with Gasteiger partial charge in [-0.15, -0.1) is 0 Å². The van der Waals surface area contributed by atoms with Crippen molar-refractivity contribution in [3.63, 3.8) is 0 Å². The van der Waals surface area contributed by atoms with Crippen LogP contribution >= 0.6 is 0 Å². The number of carboxylic acids is 1. The van der Waals surface area contributed by atoms with Crippen molar-refractivity contribution in [2.75, 3.05) is 0 Å². The molecule has 0 aliphatic rings. The molecule has 66 valence electrons. The van der Waals surface area contributed by atoms with Crippen molar-refractivity contribution >= 4 is 5.97 Å². The summed E-state index contributed by atoms with van der Waals surface area (Å²) in [5, 5.41) is 8.93. The molecule has 0 amide bonds. The Balaban J connectivity index is 4.45. The molecule has 0 aliphatic heterocycles. The highest BCUT2D eigenvalue weighted by Gasteiger charge is 2.35. The minimum absolute atomic E-state index is 0.255. The van der Waals surface area contributed by atoms with Gasteiger partial charge in [-0.1, -0.05) is 27.2 Å². The molecule has 0 heterocycles. The standard InChI is InChI=1S/C9H18O2/c1-5-7(3)9(4,6-2)8(10)11/h7H,5-6H2,1-4H3,(H,10,11). The van der Waals surface area contributed by atoms with Crippen molar-refractivity contribution in [2.24, 2.45) is 11.3 Å². The summed E-state index contributed by atoms with van der Waals surface area (Å²) in [6, 6.07) is 0. The molecule has 0 saturated heterocycles. The first-order chi connectivity index (χ1) is 4.99. The van der Waals surface area contributed by atoms with E-state index in [0.717, 1.165) is 6.42 Å². The first-order valence-electron chi connectivity index (χ1n) is 4.22. The maximum atomic E-state index is 10.9. The van der Waals surface area contributed by atoms with Crippen LogP contribution in [-0.4, -0.2) is 11.1 Å². The number of carboxylic acid groups (broad SMARTS) is 1. The van der Waals surface area contributed by atoms with E-state index in [1.165, 1.54) is 0 Å². The average molecular weight is 158 g/mol. The van der Waals surface area contributed by atoms with Crippen LogP contribution in [0.4, 0.5) is 0 Å². The molecule has 0 aliphatic carbocycles. The van der Waals surface area contributed by atoms with Crippen molar-refractivity contribution in [1.29, 1.82) is 0 Å². The molecule has 0 radical (unpaired) electrons. The molecule has 2 heteroatoms. The molecule has 2 unspecified atom stereocenters. The van der Waals surface area contributed by atoms with Crippen LogP contribution < -0.4 is 0 Å². The van der Waals surface area contributed by atoms with Crippen molar-refractivity contribution in [2.45, 2.75) is 40.5 Å². The van der Waals surface area contributed by atoms with E-state index in [2.05, 4.69) is 0 Å². The van der Waals surface area contributed by atoms with Crippen molar-refractivity contribution in [3.05, 3.63) is 0 Å². The summed E-state index contributed by atoms with van der Waals surface area (Å²) in [5.41, 5.74) is -0.533. The van der Waals surface area contributed by atoms with Gasteiger partial charge in [0.2, 0.25) is 0 Å². The molecular weight excluding hydrogens is 140 g/mol. The normalized spacial score (nSPS) is 18.9. The molecule has 0 spiro atoms. The second kappa shape index (κ2) is 3.74. The number of hydrogen-bond acceptors (Lipinski definition) is 1. The van der Waals surface area contributed by atoms with E-state index in [4.69, 9.17) is 5.11 Å². The lowest BCUT2D eigenvalue weighted by atomic mass is 9.75. The summed E-state index contributed by atoms with van der Waals surface area (Å²) in [6.45, 7) is 7.78. The molecular formula is C9H18O2. The Morgan fingerprint density at radius 2 is 2.00 bits per heavy atom. The van der Waals surface area contributed by atoms with Gasteiger partial charge in [-0.3, -0.25) is 4.79 Å². The maximum Gasteiger partial charge on any atom is 0.309 e. The third kappa shape index (κ3) is 1.95. The molecule has 0 bridgehead atoms. The Labute approximate surface area is 68.6 Å². The topological polar surface area (TPSA) is 37.3 Å². The fraction of sp³-hybridized carbons (Fsp3) is 0.889. The molecule has 1 N–H and O–H groups in total. The van der Waals surface area contributed by atoms with Crippen LogP contribution in [-0.2, 0) is 4.79 Å². The number of carbonyl (C=O) groups is 1. The molecule has 0 saturated carbocycles. The fourth-order valence-corrected chi connectivity index (χ4v) is 1.16. The van der Waals surface area contributed by atoms with E-state index in [0.29, 0.717) is 6.42 Å². The van der Waals surface area contributed by atoms with Gasteiger partial charge in [-0.25, -0.2) is 0 Å². The van der Waals surface area contributed by atoms with Crippen molar-refractivity contribution in [1.82, 2.24) is 0 Å². The summed E-state index contributed by atoms with van der Waals surface area (Å²) in [5.74, 6) is -0.417. The third-order valence-electron chi connectivity index (χ3n) is 2.92. The Morgan fingerprint density at radius 1 is 1.55 bits per heavy atom. The van der Waals surface area contributed by atoms with Crippen molar-refractivity contribution in [3.8, 4) is 0 Å². The van der Waals surface area contributed by atoms with Crippen LogP contribution in [0.2, 0.25) is 0 Å². The number of hydrogen-bond donors (Lipinski definition) is 1. The highest BCUT2D eigenvalue weighted by Crippen LogP contribution is 2.33. The fourth-order valence-electron chi connectivity index (χ4n) is 1.16. The van der Waals surface area contributed by atoms with Crippen LogP contribution in [0, 0.1) is 11.3 Å². The second-order valence-electron chi connectivity index (χ2n) is 3.39. The number of aliphatic carboxylic acids is 1. The van der Waals surface area contributed by atoms with Crippen LogP contribution in [0.1, 0.15) is 40.5 Å². The van der Waals surface area contributed by atoms with E-state index in [1.807, 2.05) is 27.7 Å². The van der Waals surface area contributed by atoms with Crippen molar-refractivity contribution < 1.29 is 9.90 Å². The quantitative estimate of drug-likeness (QED) is 0.682. The second-order valence-corrected chi connectivity index (χ2v) is 3.39. The van der Waals surface area contributed by atoms with Crippen LogP contribution in [0.3, 0.4) is 0 Å². The molecule has 11 heavy (non-hydrogen) atoms. The molecule has 0 aromatic rings. The van der Waals surface area contributed by atoms with Gasteiger partial charge in [0.05, 0.1) is 5.41 Å². The molecule has 0 rings (SSSR count). The average Bonchev–Trinajstić information content (AvgIpc) is 2.01.